The van der Waals surface area contributed by atoms with Crippen LogP contribution in [0.1, 0.15) is 27.2 Å². The van der Waals surface area contributed by atoms with E-state index in [1.54, 1.807) is 4.90 Å². The normalized spacial score (nSPS) is 21.1. The number of hydrogen-bond donors (Lipinski definition) is 1. The highest BCUT2D eigenvalue weighted by Crippen LogP contribution is 2.12. The maximum Gasteiger partial charge on any atom is 0.410 e. The highest BCUT2D eigenvalue weighted by molar-refractivity contribution is 5.77. The molecule has 0 aromatic carbocycles. The molecule has 1 N–H and O–H groups in total. The van der Waals surface area contributed by atoms with Gasteiger partial charge in [-0.25, -0.2) is 4.79 Å². The third-order valence-corrected chi connectivity index (χ3v) is 2.54. The molecule has 0 unspecified atom stereocenters. The molecule has 0 saturated carbocycles. The van der Waals surface area contributed by atoms with Crippen LogP contribution >= 0.6 is 0 Å². The fourth-order valence-corrected chi connectivity index (χ4v) is 1.71. The predicted octanol–water partition coefficient (Wildman–Crippen LogP) is 0.758. The second kappa shape index (κ2) is 6.04. The first-order valence-corrected chi connectivity index (χ1v) is 6.12. The van der Waals surface area contributed by atoms with Gasteiger partial charge in [-0.15, -0.1) is 0 Å². The zero-order valence-electron chi connectivity index (χ0n) is 11.5. The van der Waals surface area contributed by atoms with Crippen LogP contribution in [0, 0.1) is 0 Å². The molecule has 1 atom stereocenters. The summed E-state index contributed by atoms with van der Waals surface area (Å²) >= 11 is 0. The van der Waals surface area contributed by atoms with Crippen LogP contribution in [0.2, 0.25) is 0 Å². The molecule has 18 heavy (non-hydrogen) atoms. The fraction of sp³-hybridized carbons (Fsp3) is 0.833. The summed E-state index contributed by atoms with van der Waals surface area (Å²) in [5.41, 5.74) is -0.530. The number of methoxy groups -OCH3 is 1. The first kappa shape index (κ1) is 14.8. The summed E-state index contributed by atoms with van der Waals surface area (Å²) in [6.07, 6.45) is 0.396. The summed E-state index contributed by atoms with van der Waals surface area (Å²) in [6.45, 7) is 6.99. The average Bonchev–Trinajstić information content (AvgIpc) is 2.51. The van der Waals surface area contributed by atoms with Gasteiger partial charge >= 0.3 is 12.1 Å². The van der Waals surface area contributed by atoms with Crippen molar-refractivity contribution in [2.45, 2.75) is 38.8 Å². The zero-order valence-corrected chi connectivity index (χ0v) is 11.5. The SMILES string of the molecule is COC(=O)[C@@H]1CN(C(=O)OC(C)(C)C)CCCN1. The smallest absolute Gasteiger partial charge is 0.410 e. The molecule has 104 valence electrons. The van der Waals surface area contributed by atoms with E-state index in [0.29, 0.717) is 13.1 Å². The molecule has 0 spiro atoms. The molecule has 0 bridgehead atoms. The monoisotopic (exact) mass is 258 g/mol. The van der Waals surface area contributed by atoms with E-state index in [2.05, 4.69) is 5.32 Å². The van der Waals surface area contributed by atoms with Crippen LogP contribution in [0.4, 0.5) is 4.79 Å². The minimum atomic E-state index is -0.530. The van der Waals surface area contributed by atoms with Gasteiger partial charge in [0.15, 0.2) is 0 Å². The van der Waals surface area contributed by atoms with E-state index in [9.17, 15) is 9.59 Å². The Kier molecular flexibility index (Phi) is 4.95. The lowest BCUT2D eigenvalue weighted by atomic mass is 10.2. The van der Waals surface area contributed by atoms with E-state index >= 15 is 0 Å². The number of carbonyl (C=O) groups is 2. The summed E-state index contributed by atoms with van der Waals surface area (Å²) in [7, 11) is 1.34. The maximum atomic E-state index is 11.9. The van der Waals surface area contributed by atoms with Crippen molar-refractivity contribution >= 4 is 12.1 Å². The second-order valence-corrected chi connectivity index (χ2v) is 5.31. The Bertz CT molecular complexity index is 312. The lowest BCUT2D eigenvalue weighted by Crippen LogP contribution is -2.47. The number of nitrogens with zero attached hydrogens (tertiary/aromatic N) is 1. The number of rotatable bonds is 1. The number of carbonyl (C=O) groups excluding carboxylic acids is 2. The minimum absolute atomic E-state index is 0.279. The quantitative estimate of drug-likeness (QED) is 0.703. The molecule has 1 rings (SSSR count). The van der Waals surface area contributed by atoms with Gasteiger partial charge in [0, 0.05) is 6.54 Å². The highest BCUT2D eigenvalue weighted by Gasteiger charge is 2.29. The van der Waals surface area contributed by atoms with Crippen LogP contribution in [0.5, 0.6) is 0 Å². The van der Waals surface area contributed by atoms with Crippen LogP contribution in [0.25, 0.3) is 0 Å². The largest absolute Gasteiger partial charge is 0.468 e. The van der Waals surface area contributed by atoms with Crippen LogP contribution in [-0.4, -0.2) is 55.3 Å². The summed E-state index contributed by atoms with van der Waals surface area (Å²) in [5.74, 6) is -0.356. The van der Waals surface area contributed by atoms with Crippen LogP contribution < -0.4 is 5.32 Å². The molecular weight excluding hydrogens is 236 g/mol. The second-order valence-electron chi connectivity index (χ2n) is 5.31. The maximum absolute atomic E-state index is 11.9. The molecule has 1 aliphatic rings. The van der Waals surface area contributed by atoms with Crippen LogP contribution in [0.3, 0.4) is 0 Å². The molecule has 0 aromatic rings. The Balaban J connectivity index is 2.64. The lowest BCUT2D eigenvalue weighted by Gasteiger charge is -2.27. The number of hydrogen-bond acceptors (Lipinski definition) is 5. The molecule has 1 amide bonds. The molecule has 1 fully saturated rings. The molecule has 0 aliphatic carbocycles. The van der Waals surface area contributed by atoms with Crippen molar-refractivity contribution in [3.8, 4) is 0 Å². The van der Waals surface area contributed by atoms with Crippen molar-refractivity contribution in [2.75, 3.05) is 26.7 Å². The van der Waals surface area contributed by atoms with E-state index in [0.717, 1.165) is 6.42 Å². The first-order chi connectivity index (χ1) is 8.33. The number of esters is 1. The Hall–Kier alpha value is -1.30. The highest BCUT2D eigenvalue weighted by atomic mass is 16.6. The number of ether oxygens (including phenoxy) is 2. The summed E-state index contributed by atoms with van der Waals surface area (Å²) in [5, 5.41) is 3.06. The van der Waals surface area contributed by atoms with Crippen molar-refractivity contribution in [1.82, 2.24) is 10.2 Å². The summed E-state index contributed by atoms with van der Waals surface area (Å²) in [4.78, 5) is 25.0. The Morgan fingerprint density at radius 3 is 2.56 bits per heavy atom. The molecule has 0 radical (unpaired) electrons. The van der Waals surface area contributed by atoms with Gasteiger partial charge in [0.25, 0.3) is 0 Å². The van der Waals surface area contributed by atoms with Gasteiger partial charge in [-0.1, -0.05) is 0 Å². The average molecular weight is 258 g/mol. The minimum Gasteiger partial charge on any atom is -0.468 e. The van der Waals surface area contributed by atoms with Crippen molar-refractivity contribution in [1.29, 1.82) is 0 Å². The van der Waals surface area contributed by atoms with Gasteiger partial charge in [0.1, 0.15) is 11.6 Å². The molecule has 6 nitrogen and oxygen atoms in total. The molecule has 0 aromatic heterocycles. The van der Waals surface area contributed by atoms with Gasteiger partial charge in [-0.05, 0) is 33.7 Å². The first-order valence-electron chi connectivity index (χ1n) is 6.12. The van der Waals surface area contributed by atoms with E-state index in [4.69, 9.17) is 9.47 Å². The summed E-state index contributed by atoms with van der Waals surface area (Å²) < 4.78 is 10.00. The Labute approximate surface area is 108 Å². The Morgan fingerprint density at radius 1 is 1.33 bits per heavy atom. The molecule has 1 aliphatic heterocycles. The summed E-state index contributed by atoms with van der Waals surface area (Å²) in [6, 6.07) is -0.481. The van der Waals surface area contributed by atoms with Crippen molar-refractivity contribution < 1.29 is 19.1 Å². The molecule has 1 saturated heterocycles. The molecule has 1 heterocycles. The molecular formula is C12H22N2O4. The number of amides is 1. The third-order valence-electron chi connectivity index (χ3n) is 2.54. The van der Waals surface area contributed by atoms with E-state index in [-0.39, 0.29) is 18.6 Å². The van der Waals surface area contributed by atoms with Crippen LogP contribution in [0.15, 0.2) is 0 Å². The lowest BCUT2D eigenvalue weighted by molar-refractivity contribution is -0.143. The number of nitrogens with one attached hydrogen (secondary N) is 1. The van der Waals surface area contributed by atoms with Crippen LogP contribution in [-0.2, 0) is 14.3 Å². The van der Waals surface area contributed by atoms with Crippen molar-refractivity contribution in [2.24, 2.45) is 0 Å². The fourth-order valence-electron chi connectivity index (χ4n) is 1.71. The van der Waals surface area contributed by atoms with Gasteiger partial charge in [-0.3, -0.25) is 4.79 Å². The van der Waals surface area contributed by atoms with Gasteiger partial charge in [0.2, 0.25) is 0 Å². The zero-order chi connectivity index (χ0) is 13.8. The van der Waals surface area contributed by atoms with E-state index in [1.807, 2.05) is 20.8 Å². The van der Waals surface area contributed by atoms with E-state index in [1.165, 1.54) is 7.11 Å². The Morgan fingerprint density at radius 2 is 2.00 bits per heavy atom. The van der Waals surface area contributed by atoms with Gasteiger partial charge < -0.3 is 19.7 Å². The van der Waals surface area contributed by atoms with E-state index < -0.39 is 11.6 Å². The van der Waals surface area contributed by atoms with Crippen molar-refractivity contribution in [3.05, 3.63) is 0 Å². The van der Waals surface area contributed by atoms with Crippen molar-refractivity contribution in [3.63, 3.8) is 0 Å². The molecule has 6 heteroatoms. The van der Waals surface area contributed by atoms with Gasteiger partial charge in [0.05, 0.1) is 13.7 Å². The predicted molar refractivity (Wildman–Crippen MR) is 66.2 cm³/mol. The topological polar surface area (TPSA) is 67.9 Å². The van der Waals surface area contributed by atoms with Gasteiger partial charge in [-0.2, -0.15) is 0 Å². The third kappa shape index (κ3) is 4.52. The standard InChI is InChI=1S/C12H22N2O4/c1-12(2,3)18-11(16)14-7-5-6-13-9(8-14)10(15)17-4/h9,13H,5-8H2,1-4H3/t9-/m0/s1.